The first-order valence-electron chi connectivity index (χ1n) is 6.02. The highest BCUT2D eigenvalue weighted by molar-refractivity contribution is 5.97. The van der Waals surface area contributed by atoms with E-state index in [1.807, 2.05) is 24.3 Å². The quantitative estimate of drug-likeness (QED) is 0.787. The van der Waals surface area contributed by atoms with E-state index in [9.17, 15) is 9.90 Å². The number of carbonyl (C=O) groups is 1. The summed E-state index contributed by atoms with van der Waals surface area (Å²) >= 11 is 0. The van der Waals surface area contributed by atoms with E-state index >= 15 is 0 Å². The second-order valence-electron chi connectivity index (χ2n) is 4.70. The van der Waals surface area contributed by atoms with Gasteiger partial charge in [-0.05, 0) is 36.1 Å². The van der Waals surface area contributed by atoms with E-state index in [-0.39, 0.29) is 12.4 Å². The number of ketones is 1. The van der Waals surface area contributed by atoms with Gasteiger partial charge in [-0.2, -0.15) is 0 Å². The van der Waals surface area contributed by atoms with Crippen LogP contribution in [0.25, 0.3) is 0 Å². The van der Waals surface area contributed by atoms with E-state index in [1.165, 1.54) is 5.56 Å². The number of hydrogen-bond donors (Lipinski definition) is 1. The summed E-state index contributed by atoms with van der Waals surface area (Å²) in [5.74, 6) is 0.733. The maximum atomic E-state index is 11.4. The Bertz CT molecular complexity index is 418. The maximum Gasteiger partial charge on any atom is 0.189 e. The summed E-state index contributed by atoms with van der Waals surface area (Å²) < 4.78 is 5.36. The highest BCUT2D eigenvalue weighted by atomic mass is 16.5. The van der Waals surface area contributed by atoms with Crippen molar-refractivity contribution in [2.24, 2.45) is 0 Å². The van der Waals surface area contributed by atoms with E-state index in [2.05, 4.69) is 20.4 Å². The molecule has 0 saturated carbocycles. The molecule has 0 aliphatic carbocycles. The first-order valence-corrected chi connectivity index (χ1v) is 6.02. The third-order valence-electron chi connectivity index (χ3n) is 2.68. The molecule has 0 aromatic heterocycles. The van der Waals surface area contributed by atoms with Crippen molar-refractivity contribution >= 4 is 5.78 Å². The number of aliphatic hydroxyl groups is 1. The van der Waals surface area contributed by atoms with Crippen LogP contribution < -0.4 is 4.74 Å². The summed E-state index contributed by atoms with van der Waals surface area (Å²) in [4.78, 5) is 11.4. The Morgan fingerprint density at radius 1 is 1.33 bits per heavy atom. The van der Waals surface area contributed by atoms with Crippen LogP contribution in [0.15, 0.2) is 36.4 Å². The fourth-order valence-electron chi connectivity index (χ4n) is 1.48. The van der Waals surface area contributed by atoms with Crippen LogP contribution in [0.5, 0.6) is 5.75 Å². The number of hydrogen-bond acceptors (Lipinski definition) is 3. The van der Waals surface area contributed by atoms with Gasteiger partial charge in [0.25, 0.3) is 0 Å². The molecule has 1 aromatic carbocycles. The van der Waals surface area contributed by atoms with Crippen molar-refractivity contribution in [1.29, 1.82) is 0 Å². The topological polar surface area (TPSA) is 46.5 Å². The Balaban J connectivity index is 2.53. The number of carbonyl (C=O) groups excluding carboxylic acids is 1. The predicted molar refractivity (Wildman–Crippen MR) is 71.9 cm³/mol. The summed E-state index contributed by atoms with van der Waals surface area (Å²) in [5, 5.41) is 9.56. The molecule has 0 heterocycles. The van der Waals surface area contributed by atoms with E-state index in [0.717, 1.165) is 0 Å². The van der Waals surface area contributed by atoms with E-state index < -0.39 is 6.10 Å². The molecule has 0 amide bonds. The largest absolute Gasteiger partial charge is 0.490 e. The molecule has 3 heteroatoms. The van der Waals surface area contributed by atoms with Crippen molar-refractivity contribution in [2.75, 3.05) is 6.61 Å². The van der Waals surface area contributed by atoms with Crippen molar-refractivity contribution in [1.82, 2.24) is 0 Å². The molecule has 0 bridgehead atoms. The van der Waals surface area contributed by atoms with E-state index in [1.54, 1.807) is 6.92 Å². The highest BCUT2D eigenvalue weighted by Crippen LogP contribution is 2.18. The molecule has 1 unspecified atom stereocenters. The van der Waals surface area contributed by atoms with Crippen LogP contribution >= 0.6 is 0 Å². The summed E-state index contributed by atoms with van der Waals surface area (Å²) in [6.07, 6.45) is -1.15. The van der Waals surface area contributed by atoms with Gasteiger partial charge in [-0.25, -0.2) is 0 Å². The maximum absolute atomic E-state index is 11.4. The van der Waals surface area contributed by atoms with Gasteiger partial charge in [0.1, 0.15) is 12.4 Å². The molecule has 1 atom stereocenters. The zero-order valence-corrected chi connectivity index (χ0v) is 11.1. The number of Topliss-reactive ketones (excluding diaryl/α,β-unsaturated/α-hetero) is 1. The van der Waals surface area contributed by atoms with Crippen LogP contribution in [0, 0.1) is 0 Å². The lowest BCUT2D eigenvalue weighted by Gasteiger charge is -2.12. The van der Waals surface area contributed by atoms with Crippen LogP contribution in [-0.4, -0.2) is 23.6 Å². The summed E-state index contributed by atoms with van der Waals surface area (Å²) in [7, 11) is 0. The lowest BCUT2D eigenvalue weighted by atomic mass is 10.0. The Morgan fingerprint density at radius 2 is 1.89 bits per heavy atom. The van der Waals surface area contributed by atoms with Gasteiger partial charge in [0, 0.05) is 0 Å². The molecule has 0 radical (unpaired) electrons. The number of benzene rings is 1. The van der Waals surface area contributed by atoms with Crippen LogP contribution in [0.2, 0.25) is 0 Å². The molecule has 0 saturated heterocycles. The summed E-state index contributed by atoms with van der Waals surface area (Å²) in [6.45, 7) is 9.25. The van der Waals surface area contributed by atoms with Crippen molar-refractivity contribution in [2.45, 2.75) is 32.8 Å². The number of ether oxygens (including phenoxy) is 1. The Morgan fingerprint density at radius 3 is 2.33 bits per heavy atom. The lowest BCUT2D eigenvalue weighted by molar-refractivity contribution is -0.124. The van der Waals surface area contributed by atoms with Gasteiger partial charge in [0.05, 0.1) is 0 Å². The molecule has 1 aromatic rings. The first kappa shape index (κ1) is 14.5. The molecule has 0 fully saturated rings. The average Bonchev–Trinajstić information content (AvgIpc) is 2.35. The molecule has 0 aliphatic rings. The molecule has 18 heavy (non-hydrogen) atoms. The van der Waals surface area contributed by atoms with Gasteiger partial charge < -0.3 is 9.84 Å². The van der Waals surface area contributed by atoms with Crippen LogP contribution in [-0.2, 0) is 4.79 Å². The molecule has 3 nitrogen and oxygen atoms in total. The monoisotopic (exact) mass is 248 g/mol. The number of aliphatic hydroxyl groups excluding tert-OH is 1. The Labute approximate surface area is 108 Å². The van der Waals surface area contributed by atoms with Gasteiger partial charge >= 0.3 is 0 Å². The summed E-state index contributed by atoms with van der Waals surface area (Å²) in [5.41, 5.74) is 1.56. The third-order valence-corrected chi connectivity index (χ3v) is 2.68. The SMILES string of the molecule is C=C(C)C(=O)C(O)COc1ccc(C(C)C)cc1. The zero-order chi connectivity index (χ0) is 13.7. The van der Waals surface area contributed by atoms with E-state index in [4.69, 9.17) is 4.74 Å². The molecule has 0 spiro atoms. The Kier molecular flexibility index (Phi) is 5.10. The fraction of sp³-hybridized carbons (Fsp3) is 0.400. The van der Waals surface area contributed by atoms with Crippen LogP contribution in [0.1, 0.15) is 32.3 Å². The smallest absolute Gasteiger partial charge is 0.189 e. The van der Waals surface area contributed by atoms with E-state index in [0.29, 0.717) is 17.2 Å². The minimum Gasteiger partial charge on any atom is -0.490 e. The molecule has 1 N–H and O–H groups in total. The van der Waals surface area contributed by atoms with Gasteiger partial charge in [0.15, 0.2) is 11.9 Å². The average molecular weight is 248 g/mol. The second-order valence-corrected chi connectivity index (χ2v) is 4.70. The second kappa shape index (κ2) is 6.36. The molecule has 0 aliphatic heterocycles. The number of rotatable bonds is 6. The summed E-state index contributed by atoms with van der Waals surface area (Å²) in [6, 6.07) is 7.64. The van der Waals surface area contributed by atoms with Gasteiger partial charge in [-0.3, -0.25) is 4.79 Å². The van der Waals surface area contributed by atoms with Crippen molar-refractivity contribution in [3.63, 3.8) is 0 Å². The first-order chi connectivity index (χ1) is 8.41. The standard InChI is InChI=1S/C15H20O3/c1-10(2)12-5-7-13(8-6-12)18-9-14(16)15(17)11(3)4/h5-8,10,14,16H,3,9H2,1-2,4H3. The Hall–Kier alpha value is -1.61. The predicted octanol–water partition coefficient (Wildman–Crippen LogP) is 2.69. The minimum absolute atomic E-state index is 0.0489. The molecular weight excluding hydrogens is 228 g/mol. The molecule has 98 valence electrons. The highest BCUT2D eigenvalue weighted by Gasteiger charge is 2.16. The molecular formula is C15H20O3. The zero-order valence-electron chi connectivity index (χ0n) is 11.1. The van der Waals surface area contributed by atoms with Gasteiger partial charge in [0.2, 0.25) is 0 Å². The van der Waals surface area contributed by atoms with Gasteiger partial charge in [-0.15, -0.1) is 0 Å². The third kappa shape index (κ3) is 4.00. The van der Waals surface area contributed by atoms with Gasteiger partial charge in [-0.1, -0.05) is 32.6 Å². The normalized spacial score (nSPS) is 12.3. The lowest BCUT2D eigenvalue weighted by Crippen LogP contribution is -2.27. The van der Waals surface area contributed by atoms with Crippen molar-refractivity contribution < 1.29 is 14.6 Å². The van der Waals surface area contributed by atoms with Crippen molar-refractivity contribution in [3.8, 4) is 5.75 Å². The minimum atomic E-state index is -1.15. The van der Waals surface area contributed by atoms with Crippen LogP contribution in [0.3, 0.4) is 0 Å². The molecule has 1 rings (SSSR count). The fourth-order valence-corrected chi connectivity index (χ4v) is 1.48. The van der Waals surface area contributed by atoms with Crippen molar-refractivity contribution in [3.05, 3.63) is 42.0 Å². The van der Waals surface area contributed by atoms with Crippen LogP contribution in [0.4, 0.5) is 0 Å².